The predicted octanol–water partition coefficient (Wildman–Crippen LogP) is 3.66. The second-order valence-electron chi connectivity index (χ2n) is 3.67. The van der Waals surface area contributed by atoms with Crippen LogP contribution >= 0.6 is 0 Å². The molecule has 0 radical (unpaired) electrons. The van der Waals surface area contributed by atoms with Crippen LogP contribution in [-0.4, -0.2) is 12.6 Å². The summed E-state index contributed by atoms with van der Waals surface area (Å²) in [6, 6.07) is 11.6. The average Bonchev–Trinajstić information content (AvgIpc) is 2.37. The molecule has 0 bridgehead atoms. The number of hydrogen-bond acceptors (Lipinski definition) is 2. The lowest BCUT2D eigenvalue weighted by Crippen LogP contribution is -2.06. The van der Waals surface area contributed by atoms with Gasteiger partial charge >= 0.3 is 5.97 Å². The lowest BCUT2D eigenvalue weighted by molar-refractivity contribution is 0.0526. The first-order valence-electron chi connectivity index (χ1n) is 5.59. The van der Waals surface area contributed by atoms with Gasteiger partial charge in [-0.05, 0) is 29.3 Å². The molecule has 2 rings (SSSR count). The van der Waals surface area contributed by atoms with Gasteiger partial charge in [0, 0.05) is 0 Å². The number of carbonyl (C=O) groups excluding carboxylic acids is 1. The largest absolute Gasteiger partial charge is 0.462 e. The van der Waals surface area contributed by atoms with Crippen molar-refractivity contribution in [3.8, 4) is 0 Å². The smallest absolute Gasteiger partial charge is 0.338 e. The summed E-state index contributed by atoms with van der Waals surface area (Å²) in [6.07, 6.45) is 1.70. The number of fused-ring (bicyclic) bond motifs is 1. The molecule has 86 valence electrons. The molecule has 0 saturated carbocycles. The molecular formula is C15H14O2. The SMILES string of the molecule is C=Cc1c(C(=O)OCC)ccc2ccccc12. The number of carbonyl (C=O) groups is 1. The second-order valence-corrected chi connectivity index (χ2v) is 3.67. The molecular weight excluding hydrogens is 212 g/mol. The van der Waals surface area contributed by atoms with Gasteiger partial charge in [0.25, 0.3) is 0 Å². The van der Waals surface area contributed by atoms with E-state index in [-0.39, 0.29) is 5.97 Å². The Labute approximate surface area is 101 Å². The number of hydrogen-bond donors (Lipinski definition) is 0. The summed E-state index contributed by atoms with van der Waals surface area (Å²) in [6.45, 7) is 5.95. The molecule has 2 aromatic carbocycles. The third-order valence-corrected chi connectivity index (χ3v) is 2.67. The Morgan fingerprint density at radius 1 is 1.29 bits per heavy atom. The van der Waals surface area contributed by atoms with Gasteiger partial charge in [0.05, 0.1) is 12.2 Å². The Kier molecular flexibility index (Phi) is 3.24. The van der Waals surface area contributed by atoms with Crippen LogP contribution in [0.3, 0.4) is 0 Å². The Balaban J connectivity index is 2.65. The normalized spacial score (nSPS) is 10.2. The fourth-order valence-electron chi connectivity index (χ4n) is 1.90. The van der Waals surface area contributed by atoms with Crippen LogP contribution in [0.1, 0.15) is 22.8 Å². The molecule has 0 aliphatic rings. The van der Waals surface area contributed by atoms with Crippen molar-refractivity contribution in [2.75, 3.05) is 6.61 Å². The summed E-state index contributed by atoms with van der Waals surface area (Å²) in [5.41, 5.74) is 1.40. The zero-order chi connectivity index (χ0) is 12.3. The van der Waals surface area contributed by atoms with Crippen LogP contribution in [0, 0.1) is 0 Å². The van der Waals surface area contributed by atoms with Crippen LogP contribution in [0.2, 0.25) is 0 Å². The molecule has 0 fully saturated rings. The molecule has 17 heavy (non-hydrogen) atoms. The minimum Gasteiger partial charge on any atom is -0.462 e. The summed E-state index contributed by atoms with van der Waals surface area (Å²) in [5, 5.41) is 2.11. The van der Waals surface area contributed by atoms with E-state index in [0.29, 0.717) is 12.2 Å². The van der Waals surface area contributed by atoms with E-state index < -0.39 is 0 Å². The van der Waals surface area contributed by atoms with Gasteiger partial charge in [-0.25, -0.2) is 4.79 Å². The van der Waals surface area contributed by atoms with E-state index in [2.05, 4.69) is 6.58 Å². The van der Waals surface area contributed by atoms with E-state index in [1.807, 2.05) is 30.3 Å². The minimum absolute atomic E-state index is 0.298. The highest BCUT2D eigenvalue weighted by Gasteiger charge is 2.12. The van der Waals surface area contributed by atoms with Crippen molar-refractivity contribution in [3.05, 3.63) is 54.1 Å². The first kappa shape index (κ1) is 11.4. The fraction of sp³-hybridized carbons (Fsp3) is 0.133. The average molecular weight is 226 g/mol. The van der Waals surface area contributed by atoms with Gasteiger partial charge in [0.15, 0.2) is 0 Å². The Hall–Kier alpha value is -2.09. The summed E-state index contributed by atoms with van der Waals surface area (Å²) in [5.74, 6) is -0.298. The summed E-state index contributed by atoms with van der Waals surface area (Å²) < 4.78 is 5.03. The lowest BCUT2D eigenvalue weighted by Gasteiger charge is -2.08. The highest BCUT2D eigenvalue weighted by molar-refractivity contribution is 6.02. The van der Waals surface area contributed by atoms with Gasteiger partial charge in [-0.3, -0.25) is 0 Å². The fourth-order valence-corrected chi connectivity index (χ4v) is 1.90. The molecule has 0 unspecified atom stereocenters. The van der Waals surface area contributed by atoms with E-state index in [9.17, 15) is 4.79 Å². The number of benzene rings is 2. The number of esters is 1. The van der Waals surface area contributed by atoms with E-state index in [1.165, 1.54) is 0 Å². The molecule has 2 heteroatoms. The minimum atomic E-state index is -0.298. The maximum Gasteiger partial charge on any atom is 0.338 e. The first-order valence-corrected chi connectivity index (χ1v) is 5.59. The predicted molar refractivity (Wildman–Crippen MR) is 70.0 cm³/mol. The van der Waals surface area contributed by atoms with Crippen molar-refractivity contribution in [1.82, 2.24) is 0 Å². The van der Waals surface area contributed by atoms with Crippen LogP contribution in [-0.2, 0) is 4.74 Å². The van der Waals surface area contributed by atoms with Crippen LogP contribution in [0.5, 0.6) is 0 Å². The van der Waals surface area contributed by atoms with Gasteiger partial charge in [0.1, 0.15) is 0 Å². The Morgan fingerprint density at radius 2 is 2.06 bits per heavy atom. The third-order valence-electron chi connectivity index (χ3n) is 2.67. The molecule has 2 aromatic rings. The van der Waals surface area contributed by atoms with Crippen LogP contribution in [0.25, 0.3) is 16.8 Å². The Morgan fingerprint density at radius 3 is 2.76 bits per heavy atom. The molecule has 0 atom stereocenters. The van der Waals surface area contributed by atoms with E-state index in [4.69, 9.17) is 4.74 Å². The third kappa shape index (κ3) is 2.07. The second kappa shape index (κ2) is 4.83. The van der Waals surface area contributed by atoms with Crippen LogP contribution in [0.4, 0.5) is 0 Å². The van der Waals surface area contributed by atoms with E-state index >= 15 is 0 Å². The van der Waals surface area contributed by atoms with E-state index in [1.54, 1.807) is 19.1 Å². The highest BCUT2D eigenvalue weighted by atomic mass is 16.5. The Bertz CT molecular complexity index is 570. The maximum absolute atomic E-state index is 11.8. The summed E-state index contributed by atoms with van der Waals surface area (Å²) in [4.78, 5) is 11.8. The van der Waals surface area contributed by atoms with Gasteiger partial charge in [-0.15, -0.1) is 0 Å². The molecule has 0 aromatic heterocycles. The topological polar surface area (TPSA) is 26.3 Å². The molecule has 0 spiro atoms. The van der Waals surface area contributed by atoms with E-state index in [0.717, 1.165) is 16.3 Å². The van der Waals surface area contributed by atoms with Crippen molar-refractivity contribution >= 4 is 22.8 Å². The molecule has 2 nitrogen and oxygen atoms in total. The van der Waals surface area contributed by atoms with Gasteiger partial charge in [0.2, 0.25) is 0 Å². The van der Waals surface area contributed by atoms with Gasteiger partial charge < -0.3 is 4.74 Å². The van der Waals surface area contributed by atoms with Crippen LogP contribution < -0.4 is 0 Å². The zero-order valence-corrected chi connectivity index (χ0v) is 9.77. The molecule has 0 amide bonds. The van der Waals surface area contributed by atoms with Gasteiger partial charge in [-0.1, -0.05) is 43.0 Å². The first-order chi connectivity index (χ1) is 8.27. The molecule has 0 heterocycles. The standard InChI is InChI=1S/C15H14O2/c1-3-12-13-8-6-5-7-11(13)9-10-14(12)15(16)17-4-2/h3,5-10H,1,4H2,2H3. The van der Waals surface area contributed by atoms with Crippen molar-refractivity contribution in [3.63, 3.8) is 0 Å². The van der Waals surface area contributed by atoms with Crippen molar-refractivity contribution in [2.24, 2.45) is 0 Å². The number of ether oxygens (including phenoxy) is 1. The molecule has 0 N–H and O–H groups in total. The lowest BCUT2D eigenvalue weighted by atomic mass is 9.99. The number of rotatable bonds is 3. The zero-order valence-electron chi connectivity index (χ0n) is 9.77. The maximum atomic E-state index is 11.8. The van der Waals surface area contributed by atoms with Crippen molar-refractivity contribution in [1.29, 1.82) is 0 Å². The molecule has 0 saturated heterocycles. The molecule has 0 aliphatic heterocycles. The quantitative estimate of drug-likeness (QED) is 0.746. The molecule has 0 aliphatic carbocycles. The van der Waals surface area contributed by atoms with Crippen LogP contribution in [0.15, 0.2) is 43.0 Å². The monoisotopic (exact) mass is 226 g/mol. The summed E-state index contributed by atoms with van der Waals surface area (Å²) >= 11 is 0. The summed E-state index contributed by atoms with van der Waals surface area (Å²) in [7, 11) is 0. The highest BCUT2D eigenvalue weighted by Crippen LogP contribution is 2.24. The van der Waals surface area contributed by atoms with Crippen molar-refractivity contribution < 1.29 is 9.53 Å². The van der Waals surface area contributed by atoms with Gasteiger partial charge in [-0.2, -0.15) is 0 Å². The van der Waals surface area contributed by atoms with Crippen molar-refractivity contribution in [2.45, 2.75) is 6.92 Å².